The van der Waals surface area contributed by atoms with Crippen molar-refractivity contribution in [2.24, 2.45) is 0 Å². The summed E-state index contributed by atoms with van der Waals surface area (Å²) in [4.78, 5) is 12.7. The number of halogens is 2. The number of anilines is 1. The molecule has 0 saturated carbocycles. The number of hydrogen-bond acceptors (Lipinski definition) is 3. The highest BCUT2D eigenvalue weighted by Crippen LogP contribution is 2.33. The maximum absolute atomic E-state index is 12.7. The molecule has 0 radical (unpaired) electrons. The molecule has 3 aromatic carbocycles. The maximum atomic E-state index is 12.7. The second kappa shape index (κ2) is 10.8. The lowest BCUT2D eigenvalue weighted by Gasteiger charge is -2.12. The third kappa shape index (κ3) is 6.21. The molecule has 0 aliphatic carbocycles. The largest absolute Gasteiger partial charge is 0.487 e. The fourth-order valence-corrected chi connectivity index (χ4v) is 4.90. The van der Waals surface area contributed by atoms with Gasteiger partial charge >= 0.3 is 0 Å². The van der Waals surface area contributed by atoms with E-state index in [9.17, 15) is 10.1 Å². The van der Waals surface area contributed by atoms with Crippen LogP contribution in [0.2, 0.25) is 0 Å². The Morgan fingerprint density at radius 3 is 2.56 bits per heavy atom. The van der Waals surface area contributed by atoms with Gasteiger partial charge in [0, 0.05) is 5.69 Å². The Labute approximate surface area is 210 Å². The van der Waals surface area contributed by atoms with E-state index in [1.54, 1.807) is 6.08 Å². The molecule has 6 heteroatoms. The molecule has 0 bridgehead atoms. The van der Waals surface area contributed by atoms with Gasteiger partial charge in [-0.25, -0.2) is 0 Å². The van der Waals surface area contributed by atoms with Crippen LogP contribution in [0.4, 0.5) is 5.69 Å². The summed E-state index contributed by atoms with van der Waals surface area (Å²) in [5.74, 6) is 0.287. The lowest BCUT2D eigenvalue weighted by Crippen LogP contribution is -2.14. The van der Waals surface area contributed by atoms with Crippen LogP contribution in [-0.4, -0.2) is 5.91 Å². The van der Waals surface area contributed by atoms with Crippen molar-refractivity contribution >= 4 is 56.2 Å². The zero-order chi connectivity index (χ0) is 23.3. The monoisotopic (exact) mass is 600 g/mol. The summed E-state index contributed by atoms with van der Waals surface area (Å²) in [7, 11) is 0. The molecule has 0 fully saturated rings. The van der Waals surface area contributed by atoms with Crippen molar-refractivity contribution < 1.29 is 9.53 Å². The molecule has 4 nitrogen and oxygen atoms in total. The van der Waals surface area contributed by atoms with E-state index in [4.69, 9.17) is 4.74 Å². The van der Waals surface area contributed by atoms with Crippen LogP contribution in [0.1, 0.15) is 27.8 Å². The molecule has 0 aliphatic rings. The normalized spacial score (nSPS) is 11.1. The van der Waals surface area contributed by atoms with Crippen molar-refractivity contribution in [1.29, 1.82) is 5.26 Å². The molecule has 0 saturated heterocycles. The highest BCUT2D eigenvalue weighted by Gasteiger charge is 2.14. The molecule has 1 N–H and O–H groups in total. The number of rotatable bonds is 6. The standard InChI is InChI=1S/C26H22BrIN2O2/c1-16-5-4-6-19(9-16)15-32-25-22(27)12-20(13-23(25)28)11-21(14-29)26(31)30-24-10-17(2)7-8-18(24)3/h4-13H,15H2,1-3H3,(H,30,31)/b21-11+. The second-order valence-electron chi connectivity index (χ2n) is 7.53. The Bertz CT molecular complexity index is 1220. The van der Waals surface area contributed by atoms with E-state index < -0.39 is 5.91 Å². The van der Waals surface area contributed by atoms with Gasteiger partial charge < -0.3 is 10.1 Å². The fourth-order valence-electron chi connectivity index (χ4n) is 3.13. The van der Waals surface area contributed by atoms with Gasteiger partial charge in [-0.2, -0.15) is 5.26 Å². The van der Waals surface area contributed by atoms with Gasteiger partial charge in [-0.1, -0.05) is 42.0 Å². The van der Waals surface area contributed by atoms with Crippen LogP contribution < -0.4 is 10.1 Å². The molecule has 0 heterocycles. The van der Waals surface area contributed by atoms with E-state index >= 15 is 0 Å². The number of carbonyl (C=O) groups excluding carboxylic acids is 1. The number of amides is 1. The average Bonchev–Trinajstić information content (AvgIpc) is 2.74. The number of nitrogens with one attached hydrogen (secondary N) is 1. The van der Waals surface area contributed by atoms with Crippen LogP contribution in [0, 0.1) is 35.7 Å². The Kier molecular flexibility index (Phi) is 8.10. The average molecular weight is 601 g/mol. The fraction of sp³-hybridized carbons (Fsp3) is 0.154. The Balaban J connectivity index is 1.79. The van der Waals surface area contributed by atoms with Gasteiger partial charge in [0.2, 0.25) is 0 Å². The van der Waals surface area contributed by atoms with Gasteiger partial charge in [0.05, 0.1) is 8.04 Å². The van der Waals surface area contributed by atoms with Crippen LogP contribution in [0.5, 0.6) is 5.75 Å². The Morgan fingerprint density at radius 1 is 1.12 bits per heavy atom. The van der Waals surface area contributed by atoms with E-state index in [0.29, 0.717) is 12.3 Å². The van der Waals surface area contributed by atoms with Crippen molar-refractivity contribution in [2.45, 2.75) is 27.4 Å². The number of carbonyl (C=O) groups is 1. The lowest BCUT2D eigenvalue weighted by molar-refractivity contribution is -0.112. The minimum atomic E-state index is -0.438. The summed E-state index contributed by atoms with van der Waals surface area (Å²) in [5.41, 5.74) is 5.71. The van der Waals surface area contributed by atoms with Gasteiger partial charge in [0.25, 0.3) is 5.91 Å². The van der Waals surface area contributed by atoms with E-state index in [1.807, 2.05) is 75.4 Å². The van der Waals surface area contributed by atoms with E-state index in [2.05, 4.69) is 49.9 Å². The topological polar surface area (TPSA) is 62.1 Å². The van der Waals surface area contributed by atoms with E-state index in [0.717, 1.165) is 36.0 Å². The number of aryl methyl sites for hydroxylation is 3. The van der Waals surface area contributed by atoms with Crippen molar-refractivity contribution in [1.82, 2.24) is 0 Å². The Morgan fingerprint density at radius 2 is 1.88 bits per heavy atom. The van der Waals surface area contributed by atoms with Gasteiger partial charge in [0.15, 0.2) is 0 Å². The van der Waals surface area contributed by atoms with Gasteiger partial charge in [-0.3, -0.25) is 4.79 Å². The summed E-state index contributed by atoms with van der Waals surface area (Å²) in [6.45, 7) is 6.37. The summed E-state index contributed by atoms with van der Waals surface area (Å²) >= 11 is 5.76. The van der Waals surface area contributed by atoms with Gasteiger partial charge in [-0.15, -0.1) is 0 Å². The number of benzene rings is 3. The number of hydrogen-bond donors (Lipinski definition) is 1. The first-order valence-corrected chi connectivity index (χ1v) is 11.8. The zero-order valence-electron chi connectivity index (χ0n) is 18.0. The molecule has 3 rings (SSSR count). The number of nitrogens with zero attached hydrogens (tertiary/aromatic N) is 1. The molecule has 162 valence electrons. The minimum Gasteiger partial charge on any atom is -0.487 e. The quantitative estimate of drug-likeness (QED) is 0.186. The van der Waals surface area contributed by atoms with Crippen LogP contribution in [-0.2, 0) is 11.4 Å². The van der Waals surface area contributed by atoms with Crippen LogP contribution in [0.3, 0.4) is 0 Å². The first kappa shape index (κ1) is 24.0. The molecule has 0 spiro atoms. The molecule has 3 aromatic rings. The maximum Gasteiger partial charge on any atom is 0.266 e. The van der Waals surface area contributed by atoms with E-state index in [-0.39, 0.29) is 5.57 Å². The summed E-state index contributed by atoms with van der Waals surface area (Å²) in [5, 5.41) is 12.4. The lowest BCUT2D eigenvalue weighted by atomic mass is 10.1. The molecular formula is C26H22BrIN2O2. The third-order valence-corrected chi connectivity index (χ3v) is 6.19. The third-order valence-electron chi connectivity index (χ3n) is 4.80. The molecule has 32 heavy (non-hydrogen) atoms. The van der Waals surface area contributed by atoms with Crippen LogP contribution in [0.25, 0.3) is 6.08 Å². The van der Waals surface area contributed by atoms with Gasteiger partial charge in [0.1, 0.15) is 24.0 Å². The number of ether oxygens (including phenoxy) is 1. The first-order chi connectivity index (χ1) is 15.3. The van der Waals surface area contributed by atoms with Crippen molar-refractivity contribution in [3.63, 3.8) is 0 Å². The smallest absolute Gasteiger partial charge is 0.266 e. The van der Waals surface area contributed by atoms with Crippen LogP contribution in [0.15, 0.2) is 64.6 Å². The first-order valence-electron chi connectivity index (χ1n) is 9.94. The molecule has 0 atom stereocenters. The molecule has 0 unspecified atom stereocenters. The summed E-state index contributed by atoms with van der Waals surface area (Å²) in [6.07, 6.45) is 1.58. The SMILES string of the molecule is Cc1cccc(COc2c(Br)cc(/C=C(\C#N)C(=O)Nc3cc(C)ccc3C)cc2I)c1. The Hall–Kier alpha value is -2.63. The summed E-state index contributed by atoms with van der Waals surface area (Å²) in [6, 6.07) is 19.7. The predicted octanol–water partition coefficient (Wildman–Crippen LogP) is 7.10. The molecule has 1 amide bonds. The van der Waals surface area contributed by atoms with Crippen LogP contribution >= 0.6 is 38.5 Å². The zero-order valence-corrected chi connectivity index (χ0v) is 21.7. The van der Waals surface area contributed by atoms with Crippen molar-refractivity contribution in [2.75, 3.05) is 5.32 Å². The molecular weight excluding hydrogens is 579 g/mol. The number of nitriles is 1. The van der Waals surface area contributed by atoms with E-state index in [1.165, 1.54) is 5.56 Å². The molecule has 0 aromatic heterocycles. The predicted molar refractivity (Wildman–Crippen MR) is 141 cm³/mol. The summed E-state index contributed by atoms with van der Waals surface area (Å²) < 4.78 is 7.66. The second-order valence-corrected chi connectivity index (χ2v) is 9.55. The van der Waals surface area contributed by atoms with Crippen molar-refractivity contribution in [3.8, 4) is 11.8 Å². The minimum absolute atomic E-state index is 0.0297. The van der Waals surface area contributed by atoms with Gasteiger partial charge in [-0.05, 0) is 106 Å². The highest BCUT2D eigenvalue weighted by atomic mass is 127. The molecule has 0 aliphatic heterocycles. The highest BCUT2D eigenvalue weighted by molar-refractivity contribution is 14.1. The van der Waals surface area contributed by atoms with Crippen molar-refractivity contribution in [3.05, 3.63) is 96.0 Å².